The van der Waals surface area contributed by atoms with Gasteiger partial charge in [-0.3, -0.25) is 4.57 Å². The Labute approximate surface area is 325 Å². The first-order chi connectivity index (χ1) is 28.2. The Morgan fingerprint density at radius 1 is 0.246 bits per heavy atom. The quantitative estimate of drug-likeness (QED) is 0.147. The summed E-state index contributed by atoms with van der Waals surface area (Å²) < 4.78 is 2.08. The highest BCUT2D eigenvalue weighted by Crippen LogP contribution is 2.38. The highest BCUT2D eigenvalue weighted by atomic mass is 15.2. The van der Waals surface area contributed by atoms with Crippen molar-refractivity contribution in [3.05, 3.63) is 170 Å². The third kappa shape index (κ3) is 5.71. The van der Waals surface area contributed by atoms with Crippen molar-refractivity contribution in [2.75, 3.05) is 0 Å². The number of rotatable bonds is 7. The van der Waals surface area contributed by atoms with Gasteiger partial charge in [0.15, 0.2) is 23.3 Å². The molecule has 4 aromatic heterocycles. The second-order valence-electron chi connectivity index (χ2n) is 13.5. The van der Waals surface area contributed by atoms with Gasteiger partial charge in [-0.2, -0.15) is 9.97 Å². The van der Waals surface area contributed by atoms with Crippen LogP contribution in [-0.4, -0.2) is 49.4 Å². The van der Waals surface area contributed by atoms with Crippen molar-refractivity contribution in [2.45, 2.75) is 0 Å². The number of hydrogen-bond donors (Lipinski definition) is 0. The van der Waals surface area contributed by atoms with Crippen LogP contribution in [-0.2, 0) is 0 Å². The normalized spacial score (nSPS) is 11.5. The topological polar surface area (TPSA) is 121 Å². The van der Waals surface area contributed by atoms with Gasteiger partial charge in [-0.05, 0) is 22.9 Å². The maximum absolute atomic E-state index is 5.18. The summed E-state index contributed by atoms with van der Waals surface area (Å²) in [5, 5.41) is 4.51. The third-order valence-electron chi connectivity index (χ3n) is 9.95. The van der Waals surface area contributed by atoms with Crippen molar-refractivity contribution in [1.82, 2.24) is 49.4 Å². The molecule has 7 aromatic carbocycles. The van der Waals surface area contributed by atoms with Crippen LogP contribution in [0.5, 0.6) is 0 Å². The molecule has 0 N–H and O–H groups in total. The van der Waals surface area contributed by atoms with Crippen molar-refractivity contribution in [1.29, 1.82) is 0 Å². The van der Waals surface area contributed by atoms with E-state index < -0.39 is 0 Å². The molecule has 0 spiro atoms. The van der Waals surface area contributed by atoms with Gasteiger partial charge in [0.25, 0.3) is 0 Å². The molecule has 10 heteroatoms. The summed E-state index contributed by atoms with van der Waals surface area (Å²) >= 11 is 0. The molecule has 0 aliphatic heterocycles. The molecule has 0 aliphatic carbocycles. The van der Waals surface area contributed by atoms with E-state index in [2.05, 4.69) is 53.1 Å². The zero-order valence-corrected chi connectivity index (χ0v) is 30.1. The Morgan fingerprint density at radius 2 is 0.544 bits per heavy atom. The Bertz CT molecular complexity index is 2900. The first kappa shape index (κ1) is 32.3. The highest BCUT2D eigenvalue weighted by molar-refractivity contribution is 6.24. The molecule has 57 heavy (non-hydrogen) atoms. The van der Waals surface area contributed by atoms with Crippen LogP contribution in [0.15, 0.2) is 170 Å². The Kier molecular flexibility index (Phi) is 7.56. The fraction of sp³-hybridized carbons (Fsp3) is 0. The Morgan fingerprint density at radius 3 is 0.895 bits per heavy atom. The van der Waals surface area contributed by atoms with Crippen LogP contribution in [0.4, 0.5) is 0 Å². The minimum Gasteiger partial charge on any atom is -0.278 e. The SMILES string of the molecule is c1ccc(-c2nc(-c3ccccc3)nc(-c3nc(-c4nc(-c5ccccc5)nc(-c5ccccc5)n4)nc(-n4c5cccc6ccc7cccc4c7c65)n3)n2)cc1. The predicted octanol–water partition coefficient (Wildman–Crippen LogP) is 9.93. The minimum absolute atomic E-state index is 0.241. The summed E-state index contributed by atoms with van der Waals surface area (Å²) in [4.78, 5) is 45.3. The molecule has 0 radical (unpaired) electrons. The summed E-state index contributed by atoms with van der Waals surface area (Å²) in [6.07, 6.45) is 0. The van der Waals surface area contributed by atoms with E-state index in [4.69, 9.17) is 44.9 Å². The molecule has 0 unspecified atom stereocenters. The molecule has 4 heterocycles. The molecule has 0 bridgehead atoms. The van der Waals surface area contributed by atoms with E-state index in [0.717, 1.165) is 54.8 Å². The van der Waals surface area contributed by atoms with Crippen molar-refractivity contribution in [2.24, 2.45) is 0 Å². The van der Waals surface area contributed by atoms with Crippen molar-refractivity contribution in [3.63, 3.8) is 0 Å². The lowest BCUT2D eigenvalue weighted by Crippen LogP contribution is -2.10. The fourth-order valence-corrected chi connectivity index (χ4v) is 7.32. The predicted molar refractivity (Wildman–Crippen MR) is 222 cm³/mol. The zero-order chi connectivity index (χ0) is 37.7. The molecule has 0 atom stereocenters. The summed E-state index contributed by atoms with van der Waals surface area (Å²) in [7, 11) is 0. The average Bonchev–Trinajstić information content (AvgIpc) is 3.65. The number of nitrogens with zero attached hydrogens (tertiary/aromatic N) is 10. The standard InChI is InChI=1S/C47H28N10/c1-5-15-31(16-6-1)39-48-40(32-17-7-2-8-18-32)51-43(50-39)45-54-46(44-52-41(33-19-9-3-10-20-33)49-42(53-44)34-21-11-4-12-22-34)56-47(55-45)57-35-25-13-23-29-27-28-30-24-14-26-36(57)38(30)37(29)35/h1-28H. The van der Waals surface area contributed by atoms with Crippen molar-refractivity contribution < 1.29 is 0 Å². The largest absolute Gasteiger partial charge is 0.278 e. The van der Waals surface area contributed by atoms with Crippen molar-refractivity contribution >= 4 is 32.6 Å². The van der Waals surface area contributed by atoms with E-state index in [-0.39, 0.29) is 23.3 Å². The van der Waals surface area contributed by atoms with Gasteiger partial charge in [-0.15, -0.1) is 0 Å². The highest BCUT2D eigenvalue weighted by Gasteiger charge is 2.24. The monoisotopic (exact) mass is 732 g/mol. The first-order valence-corrected chi connectivity index (χ1v) is 18.5. The molecule has 266 valence electrons. The van der Waals surface area contributed by atoms with Crippen LogP contribution in [0.3, 0.4) is 0 Å². The molecule has 0 fully saturated rings. The van der Waals surface area contributed by atoms with Gasteiger partial charge in [0.1, 0.15) is 0 Å². The first-order valence-electron chi connectivity index (χ1n) is 18.5. The maximum Gasteiger partial charge on any atom is 0.239 e. The van der Waals surface area contributed by atoms with E-state index in [1.807, 2.05) is 121 Å². The second-order valence-corrected chi connectivity index (χ2v) is 13.5. The van der Waals surface area contributed by atoms with Crippen LogP contribution in [0.25, 0.3) is 107 Å². The van der Waals surface area contributed by atoms with Gasteiger partial charge < -0.3 is 0 Å². The maximum atomic E-state index is 5.18. The third-order valence-corrected chi connectivity index (χ3v) is 9.95. The zero-order valence-electron chi connectivity index (χ0n) is 30.1. The van der Waals surface area contributed by atoms with Gasteiger partial charge in [-0.1, -0.05) is 158 Å². The molecule has 11 rings (SSSR count). The van der Waals surface area contributed by atoms with E-state index in [1.54, 1.807) is 0 Å². The van der Waals surface area contributed by atoms with Crippen LogP contribution in [0.2, 0.25) is 0 Å². The van der Waals surface area contributed by atoms with E-state index in [1.165, 1.54) is 0 Å². The molecule has 0 aliphatic rings. The van der Waals surface area contributed by atoms with Crippen molar-refractivity contribution in [3.8, 4) is 74.8 Å². The lowest BCUT2D eigenvalue weighted by atomic mass is 10.0. The lowest BCUT2D eigenvalue weighted by molar-refractivity contribution is 0.919. The summed E-state index contributed by atoms with van der Waals surface area (Å²) in [6, 6.07) is 56.2. The number of hydrogen-bond acceptors (Lipinski definition) is 9. The smallest absolute Gasteiger partial charge is 0.239 e. The van der Waals surface area contributed by atoms with Gasteiger partial charge in [0.05, 0.1) is 11.0 Å². The molecule has 10 nitrogen and oxygen atoms in total. The van der Waals surface area contributed by atoms with E-state index in [0.29, 0.717) is 29.2 Å². The summed E-state index contributed by atoms with van der Waals surface area (Å²) in [5.41, 5.74) is 5.24. The van der Waals surface area contributed by atoms with Crippen LogP contribution in [0.1, 0.15) is 0 Å². The summed E-state index contributed by atoms with van der Waals surface area (Å²) in [5.74, 6) is 3.37. The van der Waals surface area contributed by atoms with Crippen LogP contribution in [0, 0.1) is 0 Å². The lowest BCUT2D eigenvalue weighted by Gasteiger charge is -2.12. The average molecular weight is 733 g/mol. The van der Waals surface area contributed by atoms with Gasteiger partial charge >= 0.3 is 0 Å². The Hall–Kier alpha value is -8.11. The molecular formula is C47H28N10. The molecular weight excluding hydrogens is 705 g/mol. The van der Waals surface area contributed by atoms with Gasteiger partial charge in [-0.25, -0.2) is 34.9 Å². The minimum atomic E-state index is 0.241. The molecule has 0 amide bonds. The fourth-order valence-electron chi connectivity index (χ4n) is 7.32. The van der Waals surface area contributed by atoms with E-state index >= 15 is 0 Å². The number of aromatic nitrogens is 10. The second kappa shape index (κ2) is 13.3. The molecule has 0 saturated heterocycles. The molecule has 11 aromatic rings. The number of benzene rings is 7. The van der Waals surface area contributed by atoms with Crippen LogP contribution >= 0.6 is 0 Å². The van der Waals surface area contributed by atoms with Gasteiger partial charge in [0, 0.05) is 33.0 Å². The van der Waals surface area contributed by atoms with E-state index in [9.17, 15) is 0 Å². The summed E-state index contributed by atoms with van der Waals surface area (Å²) in [6.45, 7) is 0. The molecule has 0 saturated carbocycles. The van der Waals surface area contributed by atoms with Gasteiger partial charge in [0.2, 0.25) is 29.2 Å². The van der Waals surface area contributed by atoms with Crippen LogP contribution < -0.4 is 0 Å². The Balaban J connectivity index is 1.21.